The Balaban J connectivity index is 2.05. The van der Waals surface area contributed by atoms with E-state index in [1.54, 1.807) is 24.3 Å². The second kappa shape index (κ2) is 9.75. The Labute approximate surface area is 181 Å². The number of ketones is 1. The van der Waals surface area contributed by atoms with Crippen LogP contribution in [0.3, 0.4) is 0 Å². The normalized spacial score (nSPS) is 18.1. The number of halogens is 1. The first-order valence-corrected chi connectivity index (χ1v) is 10.2. The summed E-state index contributed by atoms with van der Waals surface area (Å²) in [7, 11) is 3.87. The van der Waals surface area contributed by atoms with Crippen LogP contribution < -0.4 is 4.74 Å². The minimum atomic E-state index is -0.745. The molecule has 2 aromatic carbocycles. The first kappa shape index (κ1) is 22.5. The largest absolute Gasteiger partial charge is 0.507 e. The number of aliphatic hydroxyl groups excluding tert-OH is 1. The van der Waals surface area contributed by atoms with Crippen LogP contribution >= 0.6 is 0 Å². The van der Waals surface area contributed by atoms with E-state index >= 15 is 0 Å². The minimum Gasteiger partial charge on any atom is -0.507 e. The van der Waals surface area contributed by atoms with Gasteiger partial charge in [0, 0.05) is 12.1 Å². The van der Waals surface area contributed by atoms with Gasteiger partial charge in [0.25, 0.3) is 11.7 Å². The van der Waals surface area contributed by atoms with Gasteiger partial charge in [-0.05, 0) is 75.9 Å². The molecule has 7 heteroatoms. The highest BCUT2D eigenvalue weighted by Crippen LogP contribution is 2.39. The lowest BCUT2D eigenvalue weighted by Gasteiger charge is -2.26. The molecule has 1 aliphatic heterocycles. The number of aliphatic hydroxyl groups is 1. The van der Waals surface area contributed by atoms with Gasteiger partial charge < -0.3 is 19.6 Å². The molecule has 164 valence electrons. The maximum atomic E-state index is 13.3. The molecule has 3 rings (SSSR count). The number of rotatable bonds is 8. The zero-order chi connectivity index (χ0) is 22.5. The Morgan fingerprint density at radius 3 is 2.32 bits per heavy atom. The Kier molecular flexibility index (Phi) is 7.07. The van der Waals surface area contributed by atoms with E-state index in [0.717, 1.165) is 6.54 Å². The van der Waals surface area contributed by atoms with Crippen LogP contribution in [0.1, 0.15) is 30.5 Å². The van der Waals surface area contributed by atoms with Crippen molar-refractivity contribution in [2.45, 2.75) is 19.4 Å². The van der Waals surface area contributed by atoms with E-state index in [9.17, 15) is 19.1 Å². The first-order valence-electron chi connectivity index (χ1n) is 10.2. The van der Waals surface area contributed by atoms with Crippen molar-refractivity contribution in [3.8, 4) is 5.75 Å². The molecule has 0 aliphatic carbocycles. The van der Waals surface area contributed by atoms with Crippen LogP contribution in [0.15, 0.2) is 54.1 Å². The summed E-state index contributed by atoms with van der Waals surface area (Å²) in [6.07, 6.45) is 0.671. The third-order valence-corrected chi connectivity index (χ3v) is 5.17. The quantitative estimate of drug-likeness (QED) is 0.397. The highest BCUT2D eigenvalue weighted by atomic mass is 19.1. The Morgan fingerprint density at radius 1 is 1.10 bits per heavy atom. The molecule has 0 bridgehead atoms. The molecule has 0 radical (unpaired) electrons. The molecule has 1 aliphatic rings. The molecule has 31 heavy (non-hydrogen) atoms. The fraction of sp³-hybridized carbons (Fsp3) is 0.333. The van der Waals surface area contributed by atoms with Gasteiger partial charge >= 0.3 is 0 Å². The number of Topliss-reactive ketones (excluding diaryl/α,β-unsaturated/α-hetero) is 1. The van der Waals surface area contributed by atoms with Crippen LogP contribution in [0.2, 0.25) is 0 Å². The van der Waals surface area contributed by atoms with Crippen molar-refractivity contribution in [2.75, 3.05) is 33.8 Å². The molecule has 1 N–H and O–H groups in total. The predicted molar refractivity (Wildman–Crippen MR) is 116 cm³/mol. The summed E-state index contributed by atoms with van der Waals surface area (Å²) < 4.78 is 18.8. The molecule has 1 heterocycles. The fourth-order valence-corrected chi connectivity index (χ4v) is 3.69. The molecule has 0 aromatic heterocycles. The summed E-state index contributed by atoms with van der Waals surface area (Å²) in [5, 5.41) is 10.9. The SMILES string of the molecule is CCOc1ccc([C@H]2/C(=C(\O)c3ccc(F)cc3)C(=O)C(=O)N2CCCN(C)C)cc1. The lowest BCUT2D eigenvalue weighted by molar-refractivity contribution is -0.139. The van der Waals surface area contributed by atoms with E-state index in [4.69, 9.17) is 4.74 Å². The molecule has 1 atom stereocenters. The van der Waals surface area contributed by atoms with Crippen molar-refractivity contribution in [2.24, 2.45) is 0 Å². The molecule has 0 spiro atoms. The molecule has 6 nitrogen and oxygen atoms in total. The maximum Gasteiger partial charge on any atom is 0.295 e. The smallest absolute Gasteiger partial charge is 0.295 e. The van der Waals surface area contributed by atoms with Crippen LogP contribution in [-0.4, -0.2) is 60.4 Å². The van der Waals surface area contributed by atoms with Gasteiger partial charge in [-0.1, -0.05) is 12.1 Å². The van der Waals surface area contributed by atoms with E-state index in [1.165, 1.54) is 29.2 Å². The lowest BCUT2D eigenvalue weighted by Crippen LogP contribution is -2.32. The topological polar surface area (TPSA) is 70.1 Å². The zero-order valence-corrected chi connectivity index (χ0v) is 18.0. The summed E-state index contributed by atoms with van der Waals surface area (Å²) in [5.74, 6) is -1.49. The van der Waals surface area contributed by atoms with Gasteiger partial charge in [0.05, 0.1) is 18.2 Å². The third kappa shape index (κ3) is 4.94. The van der Waals surface area contributed by atoms with Crippen molar-refractivity contribution < 1.29 is 23.8 Å². The van der Waals surface area contributed by atoms with E-state index in [-0.39, 0.29) is 16.9 Å². The Bertz CT molecular complexity index is 968. The number of carbonyl (C=O) groups excluding carboxylic acids is 2. The maximum absolute atomic E-state index is 13.3. The number of carbonyl (C=O) groups is 2. The van der Waals surface area contributed by atoms with Gasteiger partial charge in [0.1, 0.15) is 17.3 Å². The minimum absolute atomic E-state index is 0.00520. The standard InChI is InChI=1S/C24H27FN2O4/c1-4-31-19-12-8-16(9-13-19)21-20(22(28)17-6-10-18(25)11-7-17)23(29)24(30)27(21)15-5-14-26(2)3/h6-13,21,28H,4-5,14-15H2,1-3H3/b22-20+/t21-/m0/s1. The molecule has 1 saturated heterocycles. The van der Waals surface area contributed by atoms with Crippen LogP contribution in [0, 0.1) is 5.82 Å². The third-order valence-electron chi connectivity index (χ3n) is 5.17. The van der Waals surface area contributed by atoms with Crippen molar-refractivity contribution in [3.05, 3.63) is 71.0 Å². The summed E-state index contributed by atoms with van der Waals surface area (Å²) in [4.78, 5) is 29.3. The molecule has 0 unspecified atom stereocenters. The average Bonchev–Trinajstić information content (AvgIpc) is 2.99. The molecule has 1 amide bonds. The lowest BCUT2D eigenvalue weighted by atomic mass is 9.95. The molecule has 2 aromatic rings. The van der Waals surface area contributed by atoms with E-state index < -0.39 is 23.5 Å². The van der Waals surface area contributed by atoms with Crippen molar-refractivity contribution in [3.63, 3.8) is 0 Å². The monoisotopic (exact) mass is 426 g/mol. The number of hydrogen-bond donors (Lipinski definition) is 1. The van der Waals surface area contributed by atoms with Crippen molar-refractivity contribution in [1.29, 1.82) is 0 Å². The van der Waals surface area contributed by atoms with Crippen molar-refractivity contribution >= 4 is 17.4 Å². The van der Waals surface area contributed by atoms with Gasteiger partial charge in [0.15, 0.2) is 0 Å². The van der Waals surface area contributed by atoms with Crippen LogP contribution in [0.5, 0.6) is 5.75 Å². The number of amides is 1. The van der Waals surface area contributed by atoms with E-state index in [2.05, 4.69) is 0 Å². The number of nitrogens with zero attached hydrogens (tertiary/aromatic N) is 2. The second-order valence-corrected chi connectivity index (χ2v) is 7.66. The van der Waals surface area contributed by atoms with Gasteiger partial charge in [0.2, 0.25) is 0 Å². The molecular formula is C24H27FN2O4. The van der Waals surface area contributed by atoms with Crippen molar-refractivity contribution in [1.82, 2.24) is 9.80 Å². The average molecular weight is 426 g/mol. The van der Waals surface area contributed by atoms with Gasteiger partial charge in [-0.3, -0.25) is 9.59 Å². The fourth-order valence-electron chi connectivity index (χ4n) is 3.69. The van der Waals surface area contributed by atoms with E-state index in [1.807, 2.05) is 25.9 Å². The van der Waals surface area contributed by atoms with Crippen LogP contribution in [0.4, 0.5) is 4.39 Å². The number of hydrogen-bond acceptors (Lipinski definition) is 5. The number of likely N-dealkylation sites (tertiary alicyclic amines) is 1. The Hall–Kier alpha value is -3.19. The summed E-state index contributed by atoms with van der Waals surface area (Å²) >= 11 is 0. The molecular weight excluding hydrogens is 399 g/mol. The zero-order valence-electron chi connectivity index (χ0n) is 18.0. The number of benzene rings is 2. The van der Waals surface area contributed by atoms with E-state index in [0.29, 0.717) is 30.9 Å². The van der Waals surface area contributed by atoms with Gasteiger partial charge in [-0.2, -0.15) is 0 Å². The summed E-state index contributed by atoms with van der Waals surface area (Å²) in [5.41, 5.74) is 0.977. The predicted octanol–water partition coefficient (Wildman–Crippen LogP) is 3.60. The van der Waals surface area contributed by atoms with Crippen LogP contribution in [-0.2, 0) is 9.59 Å². The first-order chi connectivity index (χ1) is 14.8. The second-order valence-electron chi connectivity index (χ2n) is 7.66. The number of ether oxygens (including phenoxy) is 1. The highest BCUT2D eigenvalue weighted by molar-refractivity contribution is 6.46. The van der Waals surface area contributed by atoms with Gasteiger partial charge in [-0.25, -0.2) is 4.39 Å². The summed E-state index contributed by atoms with van der Waals surface area (Å²) in [6.45, 7) is 3.51. The summed E-state index contributed by atoms with van der Waals surface area (Å²) in [6, 6.07) is 11.6. The molecule has 1 fully saturated rings. The Morgan fingerprint density at radius 2 is 1.74 bits per heavy atom. The highest BCUT2D eigenvalue weighted by Gasteiger charge is 2.45. The molecule has 0 saturated carbocycles. The van der Waals surface area contributed by atoms with Crippen LogP contribution in [0.25, 0.3) is 5.76 Å². The van der Waals surface area contributed by atoms with Gasteiger partial charge in [-0.15, -0.1) is 0 Å².